The summed E-state index contributed by atoms with van der Waals surface area (Å²) in [6.07, 6.45) is 3.38. The van der Waals surface area contributed by atoms with Crippen molar-refractivity contribution in [3.8, 4) is 11.4 Å². The lowest BCUT2D eigenvalue weighted by Gasteiger charge is -2.09. The topological polar surface area (TPSA) is 77.8 Å². The second kappa shape index (κ2) is 5.75. The molecule has 2 rings (SSSR count). The van der Waals surface area contributed by atoms with Crippen molar-refractivity contribution in [1.29, 1.82) is 0 Å². The molecule has 6 heteroatoms. The van der Waals surface area contributed by atoms with Crippen LogP contribution in [0.3, 0.4) is 0 Å². The maximum absolute atomic E-state index is 5.92. The normalized spacial score (nSPS) is 12.2. The quantitative estimate of drug-likeness (QED) is 0.909. The van der Waals surface area contributed by atoms with E-state index in [-0.39, 0.29) is 24.4 Å². The number of aromatic nitrogens is 3. The smallest absolute Gasteiger partial charge is 0.244 e. The predicted octanol–water partition coefficient (Wildman–Crippen LogP) is 2.21. The summed E-state index contributed by atoms with van der Waals surface area (Å²) in [5.74, 6) is 1.29. The molecule has 17 heavy (non-hydrogen) atoms. The molecule has 2 aromatic rings. The number of hydrogen-bond acceptors (Lipinski definition) is 5. The van der Waals surface area contributed by atoms with Gasteiger partial charge in [0.25, 0.3) is 0 Å². The van der Waals surface area contributed by atoms with Crippen LogP contribution in [0.1, 0.15) is 25.8 Å². The molecule has 0 aliphatic carbocycles. The van der Waals surface area contributed by atoms with Crippen molar-refractivity contribution in [2.75, 3.05) is 0 Å². The van der Waals surface area contributed by atoms with Crippen molar-refractivity contribution in [2.45, 2.75) is 19.9 Å². The highest BCUT2D eigenvalue weighted by molar-refractivity contribution is 5.85. The number of pyridine rings is 1. The predicted molar refractivity (Wildman–Crippen MR) is 66.5 cm³/mol. The molecule has 0 saturated carbocycles. The van der Waals surface area contributed by atoms with E-state index in [2.05, 4.69) is 15.1 Å². The van der Waals surface area contributed by atoms with Gasteiger partial charge in [-0.25, -0.2) is 0 Å². The molecule has 0 spiro atoms. The van der Waals surface area contributed by atoms with Gasteiger partial charge < -0.3 is 10.3 Å². The number of hydrogen-bond donors (Lipinski definition) is 1. The summed E-state index contributed by atoms with van der Waals surface area (Å²) in [6.45, 7) is 4.03. The van der Waals surface area contributed by atoms with Crippen molar-refractivity contribution >= 4 is 12.4 Å². The molecule has 92 valence electrons. The fourth-order valence-electron chi connectivity index (χ4n) is 1.27. The maximum atomic E-state index is 5.92. The highest BCUT2D eigenvalue weighted by Gasteiger charge is 2.18. The summed E-state index contributed by atoms with van der Waals surface area (Å²) in [4.78, 5) is 8.20. The summed E-state index contributed by atoms with van der Waals surface area (Å²) in [7, 11) is 0. The Morgan fingerprint density at radius 2 is 1.88 bits per heavy atom. The minimum absolute atomic E-state index is 0. The standard InChI is InChI=1S/C11H14N4O.ClH/c1-7(2)9(12)11-14-10(15-16-11)8-3-5-13-6-4-8;/h3-7,9H,12H2,1-2H3;1H/t9-;/m0./s1. The number of rotatable bonds is 3. The van der Waals surface area contributed by atoms with Crippen molar-refractivity contribution in [2.24, 2.45) is 11.7 Å². The molecule has 0 unspecified atom stereocenters. The van der Waals surface area contributed by atoms with E-state index in [0.29, 0.717) is 11.7 Å². The average Bonchev–Trinajstić information content (AvgIpc) is 2.78. The monoisotopic (exact) mass is 254 g/mol. The van der Waals surface area contributed by atoms with E-state index in [1.54, 1.807) is 12.4 Å². The third-order valence-electron chi connectivity index (χ3n) is 2.38. The van der Waals surface area contributed by atoms with Gasteiger partial charge in [-0.05, 0) is 18.1 Å². The SMILES string of the molecule is CC(C)[C@H](N)c1nc(-c2ccncc2)no1.Cl. The van der Waals surface area contributed by atoms with E-state index in [1.807, 2.05) is 26.0 Å². The molecule has 5 nitrogen and oxygen atoms in total. The molecule has 2 heterocycles. The molecule has 0 aliphatic heterocycles. The lowest BCUT2D eigenvalue weighted by atomic mass is 10.1. The Bertz CT molecular complexity index is 458. The molecule has 0 aliphatic rings. The average molecular weight is 255 g/mol. The van der Waals surface area contributed by atoms with Gasteiger partial charge in [-0.3, -0.25) is 4.98 Å². The molecule has 2 aromatic heterocycles. The fourth-order valence-corrected chi connectivity index (χ4v) is 1.27. The van der Waals surface area contributed by atoms with E-state index in [4.69, 9.17) is 10.3 Å². The van der Waals surface area contributed by atoms with Crippen LogP contribution in [0, 0.1) is 5.92 Å². The molecule has 0 saturated heterocycles. The van der Waals surface area contributed by atoms with E-state index >= 15 is 0 Å². The van der Waals surface area contributed by atoms with Crippen LogP contribution in [0.15, 0.2) is 29.0 Å². The fraction of sp³-hybridized carbons (Fsp3) is 0.364. The lowest BCUT2D eigenvalue weighted by molar-refractivity contribution is 0.325. The van der Waals surface area contributed by atoms with Crippen LogP contribution in [0.2, 0.25) is 0 Å². The summed E-state index contributed by atoms with van der Waals surface area (Å²) in [5.41, 5.74) is 6.80. The first-order valence-corrected chi connectivity index (χ1v) is 5.18. The Labute approximate surface area is 106 Å². The Morgan fingerprint density at radius 3 is 2.47 bits per heavy atom. The lowest BCUT2D eigenvalue weighted by Crippen LogP contribution is -2.16. The number of halogens is 1. The molecule has 0 amide bonds. The van der Waals surface area contributed by atoms with Crippen LogP contribution in [0.25, 0.3) is 11.4 Å². The van der Waals surface area contributed by atoms with Crippen molar-refractivity contribution in [1.82, 2.24) is 15.1 Å². The number of nitrogens with zero attached hydrogens (tertiary/aromatic N) is 3. The van der Waals surface area contributed by atoms with Gasteiger partial charge >= 0.3 is 0 Å². The Morgan fingerprint density at radius 1 is 1.24 bits per heavy atom. The zero-order valence-electron chi connectivity index (χ0n) is 9.70. The van der Waals surface area contributed by atoms with Crippen LogP contribution in [-0.2, 0) is 0 Å². The van der Waals surface area contributed by atoms with Gasteiger partial charge in [-0.15, -0.1) is 12.4 Å². The van der Waals surface area contributed by atoms with Crippen molar-refractivity contribution in [3.63, 3.8) is 0 Å². The van der Waals surface area contributed by atoms with Gasteiger partial charge in [-0.1, -0.05) is 19.0 Å². The van der Waals surface area contributed by atoms with E-state index < -0.39 is 0 Å². The molecule has 0 aromatic carbocycles. The Kier molecular flexibility index (Phi) is 4.60. The molecular formula is C11H15ClN4O. The van der Waals surface area contributed by atoms with Gasteiger partial charge in [0.15, 0.2) is 0 Å². The van der Waals surface area contributed by atoms with E-state index in [1.165, 1.54) is 0 Å². The molecule has 0 fully saturated rings. The minimum Gasteiger partial charge on any atom is -0.337 e. The molecular weight excluding hydrogens is 240 g/mol. The second-order valence-electron chi connectivity index (χ2n) is 3.96. The highest BCUT2D eigenvalue weighted by Crippen LogP contribution is 2.20. The van der Waals surface area contributed by atoms with Crippen LogP contribution < -0.4 is 5.73 Å². The molecule has 0 bridgehead atoms. The number of nitrogens with two attached hydrogens (primary N) is 1. The highest BCUT2D eigenvalue weighted by atomic mass is 35.5. The largest absolute Gasteiger partial charge is 0.337 e. The van der Waals surface area contributed by atoms with E-state index in [0.717, 1.165) is 5.56 Å². The van der Waals surface area contributed by atoms with Gasteiger partial charge in [0, 0.05) is 18.0 Å². The van der Waals surface area contributed by atoms with Crippen LogP contribution in [0.5, 0.6) is 0 Å². The van der Waals surface area contributed by atoms with Gasteiger partial charge in [0.1, 0.15) is 0 Å². The summed E-state index contributed by atoms with van der Waals surface area (Å²) in [6, 6.07) is 3.44. The first-order chi connectivity index (χ1) is 7.68. The van der Waals surface area contributed by atoms with Gasteiger partial charge in [-0.2, -0.15) is 4.98 Å². The third-order valence-corrected chi connectivity index (χ3v) is 2.38. The van der Waals surface area contributed by atoms with Crippen LogP contribution in [-0.4, -0.2) is 15.1 Å². The summed E-state index contributed by atoms with van der Waals surface area (Å²) < 4.78 is 5.14. The maximum Gasteiger partial charge on any atom is 0.244 e. The van der Waals surface area contributed by atoms with Crippen LogP contribution >= 0.6 is 12.4 Å². The Hall–Kier alpha value is -1.46. The third kappa shape index (κ3) is 3.01. The summed E-state index contributed by atoms with van der Waals surface area (Å²) >= 11 is 0. The second-order valence-corrected chi connectivity index (χ2v) is 3.96. The summed E-state index contributed by atoms with van der Waals surface area (Å²) in [5, 5.41) is 3.90. The first-order valence-electron chi connectivity index (χ1n) is 5.18. The zero-order valence-corrected chi connectivity index (χ0v) is 10.5. The van der Waals surface area contributed by atoms with Crippen molar-refractivity contribution < 1.29 is 4.52 Å². The van der Waals surface area contributed by atoms with E-state index in [9.17, 15) is 0 Å². The Balaban J connectivity index is 0.00000144. The molecule has 0 radical (unpaired) electrons. The van der Waals surface area contributed by atoms with Gasteiger partial charge in [0.05, 0.1) is 6.04 Å². The minimum atomic E-state index is -0.219. The van der Waals surface area contributed by atoms with Crippen molar-refractivity contribution in [3.05, 3.63) is 30.4 Å². The van der Waals surface area contributed by atoms with Gasteiger partial charge in [0.2, 0.25) is 11.7 Å². The first kappa shape index (κ1) is 13.6. The van der Waals surface area contributed by atoms with Crippen LogP contribution in [0.4, 0.5) is 0 Å². The molecule has 1 atom stereocenters. The zero-order chi connectivity index (χ0) is 11.5. The molecule has 2 N–H and O–H groups in total.